The minimum absolute atomic E-state index is 0.0855. The molecule has 1 aliphatic heterocycles. The summed E-state index contributed by atoms with van der Waals surface area (Å²) in [5.41, 5.74) is 4.01. The highest BCUT2D eigenvalue weighted by molar-refractivity contribution is 5.90. The molecular weight excluding hydrogens is 567 g/mol. The van der Waals surface area contributed by atoms with Gasteiger partial charge in [0.1, 0.15) is 11.4 Å². The van der Waals surface area contributed by atoms with E-state index in [9.17, 15) is 18.8 Å². The second kappa shape index (κ2) is 13.2. The molecule has 0 unspecified atom stereocenters. The average Bonchev–Trinajstić information content (AvgIpc) is 3.51. The van der Waals surface area contributed by atoms with Gasteiger partial charge >= 0.3 is 6.09 Å². The molecule has 2 aromatic carbocycles. The number of anilines is 1. The summed E-state index contributed by atoms with van der Waals surface area (Å²) in [6.45, 7) is 14.1. The first kappa shape index (κ1) is 32.7. The van der Waals surface area contributed by atoms with Crippen molar-refractivity contribution in [3.05, 3.63) is 58.5 Å². The predicted octanol–water partition coefficient (Wildman–Crippen LogP) is 4.54. The van der Waals surface area contributed by atoms with E-state index in [1.54, 1.807) is 43.7 Å². The van der Waals surface area contributed by atoms with E-state index in [2.05, 4.69) is 10.5 Å². The summed E-state index contributed by atoms with van der Waals surface area (Å²) < 4.78 is 24.7. The number of hydrogen-bond donors (Lipinski definition) is 1. The highest BCUT2D eigenvalue weighted by Crippen LogP contribution is 2.29. The summed E-state index contributed by atoms with van der Waals surface area (Å²) in [5.74, 6) is -0.850. The molecule has 4 rings (SSSR count). The molecule has 1 N–H and O–H groups in total. The number of ether oxygens (including phenoxy) is 1. The molecule has 44 heavy (non-hydrogen) atoms. The van der Waals surface area contributed by atoms with Crippen molar-refractivity contribution in [2.75, 3.05) is 38.1 Å². The molecule has 0 fully saturated rings. The van der Waals surface area contributed by atoms with Crippen LogP contribution in [0.15, 0.2) is 34.9 Å². The first-order chi connectivity index (χ1) is 20.6. The Morgan fingerprint density at radius 3 is 2.48 bits per heavy atom. The number of rotatable bonds is 10. The van der Waals surface area contributed by atoms with Gasteiger partial charge in [0.2, 0.25) is 5.91 Å². The van der Waals surface area contributed by atoms with Crippen molar-refractivity contribution in [1.82, 2.24) is 25.4 Å². The van der Waals surface area contributed by atoms with Gasteiger partial charge < -0.3 is 24.4 Å². The van der Waals surface area contributed by atoms with Crippen molar-refractivity contribution in [2.24, 2.45) is 0 Å². The fraction of sp³-hybridized carbons (Fsp3) is 0.500. The highest BCUT2D eigenvalue weighted by Gasteiger charge is 2.28. The molecule has 0 saturated heterocycles. The Morgan fingerprint density at radius 1 is 1.09 bits per heavy atom. The number of nitrogens with one attached hydrogen (secondary N) is 1. The lowest BCUT2D eigenvalue weighted by Gasteiger charge is -2.32. The molecule has 3 aromatic rings. The Hall–Kier alpha value is -4.19. The molecule has 1 aliphatic rings. The first-order valence-electron chi connectivity index (χ1n) is 14.8. The molecule has 0 aliphatic carbocycles. The Kier molecular flexibility index (Phi) is 9.82. The molecule has 11 nitrogen and oxygen atoms in total. The van der Waals surface area contributed by atoms with Gasteiger partial charge in [0.05, 0.1) is 18.8 Å². The molecule has 1 aromatic heterocycles. The van der Waals surface area contributed by atoms with E-state index in [1.165, 1.54) is 17.1 Å². The van der Waals surface area contributed by atoms with Crippen LogP contribution in [0.3, 0.4) is 0 Å². The summed E-state index contributed by atoms with van der Waals surface area (Å²) in [6, 6.07) is 8.26. The average molecular weight is 611 g/mol. The van der Waals surface area contributed by atoms with Gasteiger partial charge in [-0.1, -0.05) is 11.2 Å². The van der Waals surface area contributed by atoms with E-state index in [0.29, 0.717) is 30.1 Å². The number of nitrogens with zero attached hydrogens (tertiary/aromatic N) is 5. The van der Waals surface area contributed by atoms with Crippen LogP contribution >= 0.6 is 0 Å². The van der Waals surface area contributed by atoms with Gasteiger partial charge in [-0.3, -0.25) is 14.6 Å². The maximum atomic E-state index is 13.8. The third kappa shape index (κ3) is 7.85. The van der Waals surface area contributed by atoms with Gasteiger partial charge in [-0.25, -0.2) is 14.2 Å². The Bertz CT molecular complexity index is 1530. The number of carbonyl (C=O) groups excluding carboxylic acids is 3. The van der Waals surface area contributed by atoms with Crippen molar-refractivity contribution < 1.29 is 28.0 Å². The van der Waals surface area contributed by atoms with Crippen LogP contribution in [0, 0.1) is 19.7 Å². The fourth-order valence-electron chi connectivity index (χ4n) is 5.17. The van der Waals surface area contributed by atoms with Gasteiger partial charge in [-0.2, -0.15) is 0 Å². The molecule has 2 heterocycles. The lowest BCUT2D eigenvalue weighted by Crippen LogP contribution is -2.49. The second-order valence-electron chi connectivity index (χ2n) is 12.5. The normalized spacial score (nSPS) is 13.2. The zero-order valence-corrected chi connectivity index (χ0v) is 26.9. The van der Waals surface area contributed by atoms with Gasteiger partial charge in [-0.15, -0.1) is 0 Å². The fourth-order valence-corrected chi connectivity index (χ4v) is 5.17. The van der Waals surface area contributed by atoms with Crippen molar-refractivity contribution in [3.8, 4) is 0 Å². The summed E-state index contributed by atoms with van der Waals surface area (Å²) in [5, 5.41) is 11.1. The van der Waals surface area contributed by atoms with Gasteiger partial charge in [0.25, 0.3) is 5.91 Å². The number of fused-ring (bicyclic) bond motifs is 2. The number of benzene rings is 2. The van der Waals surface area contributed by atoms with Crippen molar-refractivity contribution in [2.45, 2.75) is 73.2 Å². The second-order valence-corrected chi connectivity index (χ2v) is 12.5. The maximum Gasteiger partial charge on any atom is 0.410 e. The largest absolute Gasteiger partial charge is 0.444 e. The molecule has 0 atom stereocenters. The molecule has 0 bridgehead atoms. The third-order valence-electron chi connectivity index (χ3n) is 7.56. The number of carbonyl (C=O) groups is 3. The number of amides is 3. The maximum absolute atomic E-state index is 13.8. The number of likely N-dealkylation sites (N-methyl/N-ethyl adjacent to an activating group) is 1. The van der Waals surface area contributed by atoms with Crippen LogP contribution in [0.2, 0.25) is 0 Å². The van der Waals surface area contributed by atoms with Crippen LogP contribution in [0.25, 0.3) is 11.0 Å². The summed E-state index contributed by atoms with van der Waals surface area (Å²) in [4.78, 5) is 42.9. The van der Waals surface area contributed by atoms with E-state index in [0.717, 1.165) is 22.1 Å². The molecule has 238 valence electrons. The van der Waals surface area contributed by atoms with E-state index in [1.807, 2.05) is 44.8 Å². The molecule has 0 saturated carbocycles. The Balaban J connectivity index is 1.48. The van der Waals surface area contributed by atoms with Crippen LogP contribution in [-0.2, 0) is 27.4 Å². The smallest absolute Gasteiger partial charge is 0.410 e. The number of halogens is 1. The first-order valence-corrected chi connectivity index (χ1v) is 14.8. The molecule has 0 spiro atoms. The SMILES string of the molecule is Cc1cc2onc(C)c2cc1N(CC(=O)NCCN(C(=O)OC(C)(C)C)C(C)C)CC(=O)N(C)N1Cc2ccc(F)cc2C1. The molecule has 12 heteroatoms. The van der Waals surface area contributed by atoms with Gasteiger partial charge in [0, 0.05) is 50.3 Å². The van der Waals surface area contributed by atoms with E-state index in [-0.39, 0.29) is 49.9 Å². The summed E-state index contributed by atoms with van der Waals surface area (Å²) >= 11 is 0. The van der Waals surface area contributed by atoms with E-state index < -0.39 is 11.7 Å². The van der Waals surface area contributed by atoms with Crippen LogP contribution < -0.4 is 10.2 Å². The zero-order chi connectivity index (χ0) is 32.3. The minimum atomic E-state index is -0.635. The van der Waals surface area contributed by atoms with E-state index >= 15 is 0 Å². The Labute approximate surface area is 257 Å². The molecule has 0 radical (unpaired) electrons. The minimum Gasteiger partial charge on any atom is -0.444 e. The summed E-state index contributed by atoms with van der Waals surface area (Å²) in [6.07, 6.45) is -0.447. The van der Waals surface area contributed by atoms with E-state index in [4.69, 9.17) is 9.26 Å². The van der Waals surface area contributed by atoms with Crippen LogP contribution in [0.1, 0.15) is 57.0 Å². The lowest BCUT2D eigenvalue weighted by molar-refractivity contribution is -0.145. The molecule has 3 amide bonds. The topological polar surface area (TPSA) is 111 Å². The van der Waals surface area contributed by atoms with Gasteiger partial charge in [-0.05, 0) is 89.4 Å². The van der Waals surface area contributed by atoms with Crippen LogP contribution in [0.4, 0.5) is 14.9 Å². The van der Waals surface area contributed by atoms with Crippen molar-refractivity contribution in [1.29, 1.82) is 0 Å². The van der Waals surface area contributed by atoms with Crippen LogP contribution in [-0.4, -0.2) is 82.9 Å². The predicted molar refractivity (Wildman–Crippen MR) is 165 cm³/mol. The quantitative estimate of drug-likeness (QED) is 0.356. The number of aromatic nitrogens is 1. The zero-order valence-electron chi connectivity index (χ0n) is 26.9. The monoisotopic (exact) mass is 610 g/mol. The van der Waals surface area contributed by atoms with Crippen molar-refractivity contribution in [3.63, 3.8) is 0 Å². The Morgan fingerprint density at radius 2 is 1.80 bits per heavy atom. The number of hydrogen-bond acceptors (Lipinski definition) is 8. The van der Waals surface area contributed by atoms with Crippen LogP contribution in [0.5, 0.6) is 0 Å². The third-order valence-corrected chi connectivity index (χ3v) is 7.56. The lowest BCUT2D eigenvalue weighted by atomic mass is 10.1. The standard InChI is InChI=1S/C32H43FN6O5/c1-20(2)39(31(42)43-32(5,6)7)12-11-34-29(40)18-37(27-15-26-22(4)35-44-28(26)13-21(27)3)19-30(41)36(8)38-16-23-9-10-25(33)14-24(23)17-38/h9-10,13-15,20H,11-12,16-19H2,1-8H3,(H,34,40). The summed E-state index contributed by atoms with van der Waals surface area (Å²) in [7, 11) is 1.68. The number of aryl methyl sites for hydroxylation is 2. The molecular formula is C32H43FN6O5. The number of hydrazine groups is 1. The van der Waals surface area contributed by atoms with Gasteiger partial charge in [0.15, 0.2) is 5.58 Å². The van der Waals surface area contributed by atoms with Crippen molar-refractivity contribution >= 4 is 34.6 Å². The highest BCUT2D eigenvalue weighted by atomic mass is 19.1.